The number of hydrogen-bond acceptors (Lipinski definition) is 6. The summed E-state index contributed by atoms with van der Waals surface area (Å²) < 4.78 is 0. The van der Waals surface area contributed by atoms with Crippen molar-refractivity contribution in [1.82, 2.24) is 21.3 Å². The number of carbonyl (C=O) groups is 1. The lowest BCUT2D eigenvalue weighted by Crippen LogP contribution is -2.51. The average Bonchev–Trinajstić information content (AvgIpc) is 3.60. The highest BCUT2D eigenvalue weighted by atomic mass is 16.3. The van der Waals surface area contributed by atoms with E-state index in [-0.39, 0.29) is 18.1 Å². The zero-order chi connectivity index (χ0) is 28.7. The third-order valence-electron chi connectivity index (χ3n) is 12.7. The van der Waals surface area contributed by atoms with Gasteiger partial charge in [-0.3, -0.25) is 4.79 Å². The number of hydrogen-bond donors (Lipinski definition) is 6. The van der Waals surface area contributed by atoms with Gasteiger partial charge in [-0.2, -0.15) is 0 Å². The summed E-state index contributed by atoms with van der Waals surface area (Å²) in [6.45, 7) is 17.1. The fraction of sp³-hybridized carbons (Fsp3) is 0.909. The molecule has 16 atom stereocenters. The Morgan fingerprint density at radius 3 is 2.35 bits per heavy atom. The molecule has 4 heterocycles. The summed E-state index contributed by atoms with van der Waals surface area (Å²) in [5.41, 5.74) is 5.61. The van der Waals surface area contributed by atoms with E-state index < -0.39 is 0 Å². The SMILES string of the molecule is C=CC1C2CC3NC(CC4NC5C(CC(O)C5C4C)C(C(CC)CCC(N)=O)NCCC(N2)C1C)C(CC)C3C. The largest absolute Gasteiger partial charge is 0.393 e. The maximum Gasteiger partial charge on any atom is 0.217 e. The second kappa shape index (κ2) is 12.7. The molecule has 4 aliphatic heterocycles. The van der Waals surface area contributed by atoms with Gasteiger partial charge in [-0.25, -0.2) is 0 Å². The lowest BCUT2D eigenvalue weighted by molar-refractivity contribution is -0.118. The van der Waals surface area contributed by atoms with Crippen LogP contribution in [0.2, 0.25) is 0 Å². The van der Waals surface area contributed by atoms with Gasteiger partial charge in [0.1, 0.15) is 0 Å². The molecule has 1 saturated carbocycles. The normalized spacial score (nSPS) is 49.7. The topological polar surface area (TPSA) is 111 Å². The van der Waals surface area contributed by atoms with Gasteiger partial charge in [0.25, 0.3) is 0 Å². The average molecular weight is 558 g/mol. The van der Waals surface area contributed by atoms with Crippen LogP contribution in [0.1, 0.15) is 86.0 Å². The second-order valence-electron chi connectivity index (χ2n) is 14.5. The molecule has 0 aromatic rings. The van der Waals surface area contributed by atoms with Gasteiger partial charge >= 0.3 is 0 Å². The molecule has 6 bridgehead atoms. The van der Waals surface area contributed by atoms with Crippen molar-refractivity contribution in [3.05, 3.63) is 12.7 Å². The highest BCUT2D eigenvalue weighted by Gasteiger charge is 2.56. The molecule has 0 aromatic carbocycles. The summed E-state index contributed by atoms with van der Waals surface area (Å²) in [7, 11) is 0. The van der Waals surface area contributed by atoms with Crippen LogP contribution in [0.25, 0.3) is 0 Å². The van der Waals surface area contributed by atoms with Crippen molar-refractivity contribution in [2.45, 2.75) is 134 Å². The van der Waals surface area contributed by atoms with Crippen LogP contribution in [-0.4, -0.2) is 66.0 Å². The van der Waals surface area contributed by atoms with Crippen molar-refractivity contribution in [3.63, 3.8) is 0 Å². The monoisotopic (exact) mass is 557 g/mol. The van der Waals surface area contributed by atoms with Crippen molar-refractivity contribution in [1.29, 1.82) is 0 Å². The van der Waals surface area contributed by atoms with Crippen molar-refractivity contribution in [2.75, 3.05) is 6.54 Å². The van der Waals surface area contributed by atoms with E-state index in [1.54, 1.807) is 0 Å². The molecule has 40 heavy (non-hydrogen) atoms. The molecule has 7 heteroatoms. The number of fused-ring (bicyclic) bond motifs is 5. The molecule has 16 unspecified atom stereocenters. The maximum atomic E-state index is 11.8. The number of amides is 1. The van der Waals surface area contributed by atoms with Gasteiger partial charge in [0.2, 0.25) is 5.91 Å². The summed E-state index contributed by atoms with van der Waals surface area (Å²) in [4.78, 5) is 11.8. The highest BCUT2D eigenvalue weighted by Crippen LogP contribution is 2.48. The summed E-state index contributed by atoms with van der Waals surface area (Å²) in [5, 5.41) is 27.8. The number of nitrogens with one attached hydrogen (secondary N) is 4. The third kappa shape index (κ3) is 5.67. The van der Waals surface area contributed by atoms with E-state index in [0.29, 0.717) is 90.0 Å². The predicted molar refractivity (Wildman–Crippen MR) is 163 cm³/mol. The van der Waals surface area contributed by atoms with Gasteiger partial charge < -0.3 is 32.1 Å². The Bertz CT molecular complexity index is 885. The maximum absolute atomic E-state index is 11.8. The van der Waals surface area contributed by atoms with Crippen LogP contribution in [0.5, 0.6) is 0 Å². The predicted octanol–water partition coefficient (Wildman–Crippen LogP) is 3.18. The molecular formula is C33H59N5O2. The van der Waals surface area contributed by atoms with E-state index in [4.69, 9.17) is 5.73 Å². The van der Waals surface area contributed by atoms with Crippen LogP contribution < -0.4 is 27.0 Å². The molecule has 5 fully saturated rings. The fourth-order valence-corrected chi connectivity index (χ4v) is 10.4. The van der Waals surface area contributed by atoms with Crippen molar-refractivity contribution >= 4 is 5.91 Å². The van der Waals surface area contributed by atoms with Gasteiger partial charge in [-0.05, 0) is 80.1 Å². The first-order valence-electron chi connectivity index (χ1n) is 16.8. The first-order chi connectivity index (χ1) is 19.2. The van der Waals surface area contributed by atoms with Crippen LogP contribution in [0.4, 0.5) is 0 Å². The summed E-state index contributed by atoms with van der Waals surface area (Å²) >= 11 is 0. The minimum Gasteiger partial charge on any atom is -0.393 e. The molecular weight excluding hydrogens is 498 g/mol. The number of primary amides is 1. The molecule has 5 rings (SSSR count). The van der Waals surface area contributed by atoms with Crippen molar-refractivity contribution in [3.8, 4) is 0 Å². The Kier molecular flexibility index (Phi) is 9.68. The smallest absolute Gasteiger partial charge is 0.217 e. The van der Waals surface area contributed by atoms with E-state index in [1.165, 1.54) is 6.42 Å². The number of aliphatic hydroxyl groups is 1. The van der Waals surface area contributed by atoms with E-state index in [0.717, 1.165) is 45.1 Å². The zero-order valence-electron chi connectivity index (χ0n) is 25.8. The Morgan fingerprint density at radius 2 is 1.68 bits per heavy atom. The molecule has 1 aliphatic carbocycles. The Hall–Kier alpha value is -0.990. The minimum atomic E-state index is -0.268. The lowest BCUT2D eigenvalue weighted by Gasteiger charge is -2.36. The van der Waals surface area contributed by atoms with E-state index in [1.807, 2.05) is 0 Å². The molecule has 0 radical (unpaired) electrons. The van der Waals surface area contributed by atoms with Crippen LogP contribution in [0.3, 0.4) is 0 Å². The van der Waals surface area contributed by atoms with Crippen LogP contribution >= 0.6 is 0 Å². The Labute approximate surface area is 243 Å². The molecule has 0 aromatic heterocycles. The Balaban J connectivity index is 1.45. The van der Waals surface area contributed by atoms with Gasteiger partial charge in [0, 0.05) is 54.6 Å². The summed E-state index contributed by atoms with van der Waals surface area (Å²) in [6.07, 6.45) is 9.61. The number of nitrogens with two attached hydrogens (primary N) is 1. The third-order valence-corrected chi connectivity index (χ3v) is 12.7. The van der Waals surface area contributed by atoms with Gasteiger partial charge in [0.15, 0.2) is 0 Å². The summed E-state index contributed by atoms with van der Waals surface area (Å²) in [6, 6.07) is 2.97. The van der Waals surface area contributed by atoms with Crippen LogP contribution in [0, 0.1) is 47.3 Å². The van der Waals surface area contributed by atoms with E-state index >= 15 is 0 Å². The first kappa shape index (κ1) is 30.5. The lowest BCUT2D eigenvalue weighted by atomic mass is 9.79. The molecule has 1 amide bonds. The molecule has 5 aliphatic rings. The quantitative estimate of drug-likeness (QED) is 0.268. The van der Waals surface area contributed by atoms with Crippen LogP contribution in [0.15, 0.2) is 12.7 Å². The molecule has 228 valence electrons. The molecule has 7 N–H and O–H groups in total. The number of rotatable bonds is 7. The number of carbonyl (C=O) groups excluding carboxylic acids is 1. The number of aliphatic hydroxyl groups excluding tert-OH is 1. The van der Waals surface area contributed by atoms with Crippen LogP contribution in [-0.2, 0) is 4.79 Å². The van der Waals surface area contributed by atoms with E-state index in [2.05, 4.69) is 68.5 Å². The van der Waals surface area contributed by atoms with Crippen molar-refractivity contribution < 1.29 is 9.90 Å². The molecule has 0 spiro atoms. The summed E-state index contributed by atoms with van der Waals surface area (Å²) in [5.74, 6) is 3.64. The standard InChI is InChI=1S/C33H59N5O2/c1-7-20(10-11-30(34)40)32-23-14-29(39)31-19(6)26(38-33(23)31)16-28-22(9-3)18(5)25(37-28)15-27-21(8-2)17(4)24(36-27)12-13-35-32/h8,17-29,31-33,35-39H,2,7,9-16H2,1,3-6H3,(H2,34,40). The van der Waals surface area contributed by atoms with Gasteiger partial charge in [-0.1, -0.05) is 53.5 Å². The highest BCUT2D eigenvalue weighted by molar-refractivity contribution is 5.73. The van der Waals surface area contributed by atoms with Gasteiger partial charge in [0.05, 0.1) is 6.10 Å². The zero-order valence-corrected chi connectivity index (χ0v) is 25.8. The van der Waals surface area contributed by atoms with E-state index in [9.17, 15) is 9.90 Å². The first-order valence-corrected chi connectivity index (χ1v) is 16.8. The minimum absolute atomic E-state index is 0.212. The Morgan fingerprint density at radius 1 is 0.975 bits per heavy atom. The fourth-order valence-electron chi connectivity index (χ4n) is 10.4. The second-order valence-corrected chi connectivity index (χ2v) is 14.5. The molecule has 4 saturated heterocycles. The van der Waals surface area contributed by atoms with Crippen molar-refractivity contribution in [2.24, 2.45) is 53.1 Å². The van der Waals surface area contributed by atoms with Gasteiger partial charge in [-0.15, -0.1) is 6.58 Å². The molecule has 7 nitrogen and oxygen atoms in total.